The molecular formula is C14H28N2. The van der Waals surface area contributed by atoms with E-state index in [2.05, 4.69) is 44.6 Å². The monoisotopic (exact) mass is 224 g/mol. The molecule has 0 amide bonds. The predicted octanol–water partition coefficient (Wildman–Crippen LogP) is 3.86. The van der Waals surface area contributed by atoms with E-state index in [-0.39, 0.29) is 0 Å². The van der Waals surface area contributed by atoms with E-state index in [1.54, 1.807) is 0 Å². The van der Waals surface area contributed by atoms with Crippen molar-refractivity contribution in [2.45, 2.75) is 47.5 Å². The van der Waals surface area contributed by atoms with Gasteiger partial charge in [0.25, 0.3) is 0 Å². The van der Waals surface area contributed by atoms with Crippen LogP contribution in [0.1, 0.15) is 47.5 Å². The van der Waals surface area contributed by atoms with Gasteiger partial charge in [-0.25, -0.2) is 0 Å². The molecule has 2 nitrogen and oxygen atoms in total. The molecule has 1 unspecified atom stereocenters. The topological polar surface area (TPSA) is 24.7 Å². The highest BCUT2D eigenvalue weighted by atomic mass is 14.7. The summed E-state index contributed by atoms with van der Waals surface area (Å²) in [6, 6.07) is 0. The number of rotatable bonds is 8. The van der Waals surface area contributed by atoms with Crippen molar-refractivity contribution < 1.29 is 0 Å². The van der Waals surface area contributed by atoms with E-state index in [4.69, 9.17) is 0 Å². The van der Waals surface area contributed by atoms with Crippen LogP contribution in [0, 0.1) is 17.8 Å². The molecule has 94 valence electrons. The van der Waals surface area contributed by atoms with E-state index < -0.39 is 0 Å². The summed E-state index contributed by atoms with van der Waals surface area (Å²) in [5, 5.41) is 0. The highest BCUT2D eigenvalue weighted by Gasteiger charge is 1.99. The summed E-state index contributed by atoms with van der Waals surface area (Å²) in [4.78, 5) is 8.82. The zero-order chi connectivity index (χ0) is 12.4. The molecule has 0 saturated carbocycles. The summed E-state index contributed by atoms with van der Waals surface area (Å²) in [6.45, 7) is 12.8. The van der Waals surface area contributed by atoms with Crippen molar-refractivity contribution in [3.8, 4) is 0 Å². The van der Waals surface area contributed by atoms with E-state index in [9.17, 15) is 0 Å². The zero-order valence-corrected chi connectivity index (χ0v) is 11.6. The molecular weight excluding hydrogens is 196 g/mol. The molecule has 1 atom stereocenters. The fourth-order valence-electron chi connectivity index (χ4n) is 1.36. The molecule has 0 aromatic heterocycles. The van der Waals surface area contributed by atoms with Gasteiger partial charge in [-0.1, -0.05) is 34.6 Å². The standard InChI is InChI=1S/C14H28N2/c1-12(2)9-15-8-6-7-14(5)11-16-10-13(3)4/h9-10,12-14H,6-8,11H2,1-5H3. The van der Waals surface area contributed by atoms with Crippen LogP contribution in [0.4, 0.5) is 0 Å². The molecule has 0 aliphatic heterocycles. The van der Waals surface area contributed by atoms with Crippen LogP contribution in [0.25, 0.3) is 0 Å². The highest BCUT2D eigenvalue weighted by Crippen LogP contribution is 2.06. The van der Waals surface area contributed by atoms with Crippen LogP contribution in [-0.4, -0.2) is 25.5 Å². The molecule has 0 aliphatic carbocycles. The Morgan fingerprint density at radius 1 is 0.875 bits per heavy atom. The summed E-state index contributed by atoms with van der Waals surface area (Å²) in [5.74, 6) is 1.83. The Morgan fingerprint density at radius 3 is 2.00 bits per heavy atom. The smallest absolute Gasteiger partial charge is 0.0411 e. The van der Waals surface area contributed by atoms with Gasteiger partial charge in [-0.3, -0.25) is 9.98 Å². The number of nitrogens with zero attached hydrogens (tertiary/aromatic N) is 2. The van der Waals surface area contributed by atoms with Gasteiger partial charge in [0.05, 0.1) is 0 Å². The lowest BCUT2D eigenvalue weighted by Gasteiger charge is -2.07. The van der Waals surface area contributed by atoms with Crippen LogP contribution in [-0.2, 0) is 0 Å². The minimum absolute atomic E-state index is 0.572. The Morgan fingerprint density at radius 2 is 1.44 bits per heavy atom. The minimum Gasteiger partial charge on any atom is -0.297 e. The summed E-state index contributed by atoms with van der Waals surface area (Å²) in [7, 11) is 0. The first-order valence-electron chi connectivity index (χ1n) is 6.52. The largest absolute Gasteiger partial charge is 0.297 e. The summed E-state index contributed by atoms with van der Waals surface area (Å²) in [6.07, 6.45) is 6.50. The molecule has 0 rings (SSSR count). The molecule has 0 aromatic rings. The first-order chi connectivity index (χ1) is 7.52. The van der Waals surface area contributed by atoms with Crippen molar-refractivity contribution in [1.82, 2.24) is 0 Å². The second-order valence-corrected chi connectivity index (χ2v) is 5.30. The molecule has 0 fully saturated rings. The van der Waals surface area contributed by atoms with Gasteiger partial charge in [0, 0.05) is 25.5 Å². The molecule has 0 bridgehead atoms. The van der Waals surface area contributed by atoms with Crippen LogP contribution in [0.2, 0.25) is 0 Å². The van der Waals surface area contributed by atoms with E-state index in [1.807, 2.05) is 12.4 Å². The average Bonchev–Trinajstić information content (AvgIpc) is 2.16. The molecule has 0 spiro atoms. The molecule has 2 heteroatoms. The Kier molecular flexibility index (Phi) is 9.16. The van der Waals surface area contributed by atoms with Crippen LogP contribution in [0.5, 0.6) is 0 Å². The van der Waals surface area contributed by atoms with Gasteiger partial charge in [-0.05, 0) is 30.6 Å². The Hall–Kier alpha value is -0.660. The van der Waals surface area contributed by atoms with Gasteiger partial charge in [0.1, 0.15) is 0 Å². The van der Waals surface area contributed by atoms with Crippen molar-refractivity contribution in [2.75, 3.05) is 13.1 Å². The number of hydrogen-bond donors (Lipinski definition) is 0. The molecule has 0 saturated heterocycles. The predicted molar refractivity (Wildman–Crippen MR) is 74.8 cm³/mol. The summed E-state index contributed by atoms with van der Waals surface area (Å²) >= 11 is 0. The lowest BCUT2D eigenvalue weighted by Crippen LogP contribution is -2.02. The molecule has 16 heavy (non-hydrogen) atoms. The van der Waals surface area contributed by atoms with Gasteiger partial charge in [0.2, 0.25) is 0 Å². The van der Waals surface area contributed by atoms with E-state index in [1.165, 1.54) is 12.8 Å². The summed E-state index contributed by atoms with van der Waals surface area (Å²) < 4.78 is 0. The maximum absolute atomic E-state index is 4.43. The van der Waals surface area contributed by atoms with E-state index in [0.29, 0.717) is 17.8 Å². The third-order valence-electron chi connectivity index (χ3n) is 2.21. The van der Waals surface area contributed by atoms with Crippen LogP contribution >= 0.6 is 0 Å². The second kappa shape index (κ2) is 9.56. The minimum atomic E-state index is 0.572. The Balaban J connectivity index is 3.47. The molecule has 0 radical (unpaired) electrons. The quantitative estimate of drug-likeness (QED) is 0.442. The molecule has 0 aliphatic rings. The van der Waals surface area contributed by atoms with Gasteiger partial charge < -0.3 is 0 Å². The zero-order valence-electron chi connectivity index (χ0n) is 11.6. The lowest BCUT2D eigenvalue weighted by molar-refractivity contribution is 0.526. The van der Waals surface area contributed by atoms with Gasteiger partial charge in [0.15, 0.2) is 0 Å². The summed E-state index contributed by atoms with van der Waals surface area (Å²) in [5.41, 5.74) is 0. The molecule has 0 heterocycles. The van der Waals surface area contributed by atoms with Crippen LogP contribution in [0.3, 0.4) is 0 Å². The van der Waals surface area contributed by atoms with Gasteiger partial charge in [-0.2, -0.15) is 0 Å². The second-order valence-electron chi connectivity index (χ2n) is 5.30. The fourth-order valence-corrected chi connectivity index (χ4v) is 1.36. The SMILES string of the molecule is CC(C)C=NCCCC(C)CN=CC(C)C. The van der Waals surface area contributed by atoms with E-state index in [0.717, 1.165) is 13.1 Å². The van der Waals surface area contributed by atoms with Crippen LogP contribution < -0.4 is 0 Å². The molecule has 0 N–H and O–H groups in total. The fraction of sp³-hybridized carbons (Fsp3) is 0.857. The third-order valence-corrected chi connectivity index (χ3v) is 2.21. The number of hydrogen-bond acceptors (Lipinski definition) is 2. The normalized spacial score (nSPS) is 14.7. The highest BCUT2D eigenvalue weighted by molar-refractivity contribution is 5.59. The molecule has 0 aromatic carbocycles. The average molecular weight is 224 g/mol. The van der Waals surface area contributed by atoms with Gasteiger partial charge >= 0.3 is 0 Å². The maximum atomic E-state index is 4.43. The van der Waals surface area contributed by atoms with Gasteiger partial charge in [-0.15, -0.1) is 0 Å². The Bertz CT molecular complexity index is 205. The van der Waals surface area contributed by atoms with Crippen molar-refractivity contribution >= 4 is 12.4 Å². The first kappa shape index (κ1) is 15.3. The van der Waals surface area contributed by atoms with E-state index >= 15 is 0 Å². The van der Waals surface area contributed by atoms with Crippen molar-refractivity contribution in [3.63, 3.8) is 0 Å². The maximum Gasteiger partial charge on any atom is 0.0411 e. The first-order valence-corrected chi connectivity index (χ1v) is 6.52. The number of aliphatic imine (C=N–C) groups is 2. The Labute approximate surface area is 101 Å². The third kappa shape index (κ3) is 11.4. The van der Waals surface area contributed by atoms with Crippen molar-refractivity contribution in [3.05, 3.63) is 0 Å². The van der Waals surface area contributed by atoms with Crippen molar-refractivity contribution in [1.29, 1.82) is 0 Å². The van der Waals surface area contributed by atoms with Crippen LogP contribution in [0.15, 0.2) is 9.98 Å². The lowest BCUT2D eigenvalue weighted by atomic mass is 10.1. The van der Waals surface area contributed by atoms with Crippen molar-refractivity contribution in [2.24, 2.45) is 27.7 Å².